The monoisotopic (exact) mass is 414 g/mol. The first-order valence-corrected chi connectivity index (χ1v) is 11.4. The third kappa shape index (κ3) is 3.66. The first kappa shape index (κ1) is 17.9. The van der Waals surface area contributed by atoms with Crippen LogP contribution in [0.2, 0.25) is 0 Å². The number of aromatic nitrogens is 3. The summed E-state index contributed by atoms with van der Waals surface area (Å²) in [4.78, 5) is 13.6. The minimum atomic E-state index is -3.72. The van der Waals surface area contributed by atoms with Gasteiger partial charge in [-0.25, -0.2) is 18.4 Å². The Labute approximate surface area is 164 Å². The Morgan fingerprint density at radius 1 is 1.00 bits per heavy atom. The number of sulfonamides is 1. The molecule has 0 aliphatic heterocycles. The summed E-state index contributed by atoms with van der Waals surface area (Å²) >= 11 is 2.61. The standard InChI is InChI=1S/C18H14N4O2S3/c1-25-18-20-11-9-15(21-18)16-7-8-17(26-16)27(23,24)22-14-6-2-5-13-12(14)4-3-10-19-13/h2-11,22H,1H3. The van der Waals surface area contributed by atoms with Gasteiger partial charge in [0.05, 0.1) is 21.8 Å². The van der Waals surface area contributed by atoms with Crippen molar-refractivity contribution in [2.24, 2.45) is 0 Å². The van der Waals surface area contributed by atoms with Gasteiger partial charge in [0.1, 0.15) is 4.21 Å². The summed E-state index contributed by atoms with van der Waals surface area (Å²) in [5.41, 5.74) is 1.94. The van der Waals surface area contributed by atoms with E-state index in [1.54, 1.807) is 48.8 Å². The first-order chi connectivity index (χ1) is 13.1. The topological polar surface area (TPSA) is 84.8 Å². The smallest absolute Gasteiger partial charge is 0.271 e. The highest BCUT2D eigenvalue weighted by Gasteiger charge is 2.19. The Morgan fingerprint density at radius 3 is 2.74 bits per heavy atom. The molecule has 0 unspecified atom stereocenters. The second-order valence-electron chi connectivity index (χ2n) is 5.53. The molecule has 4 aromatic rings. The molecule has 3 aromatic heterocycles. The zero-order valence-electron chi connectivity index (χ0n) is 14.2. The second-order valence-corrected chi connectivity index (χ2v) is 9.29. The maximum Gasteiger partial charge on any atom is 0.271 e. The Kier molecular flexibility index (Phi) is 4.81. The number of hydrogen-bond donors (Lipinski definition) is 1. The summed E-state index contributed by atoms with van der Waals surface area (Å²) in [5, 5.41) is 1.40. The van der Waals surface area contributed by atoms with E-state index in [1.807, 2.05) is 18.4 Å². The molecule has 4 rings (SSSR count). The van der Waals surface area contributed by atoms with E-state index in [0.717, 1.165) is 15.8 Å². The molecule has 1 aromatic carbocycles. The van der Waals surface area contributed by atoms with Crippen molar-refractivity contribution in [1.82, 2.24) is 15.0 Å². The maximum absolute atomic E-state index is 12.9. The molecule has 136 valence electrons. The zero-order chi connectivity index (χ0) is 18.9. The number of pyridine rings is 1. The molecule has 0 saturated carbocycles. The lowest BCUT2D eigenvalue weighted by Crippen LogP contribution is -2.11. The predicted octanol–water partition coefficient (Wildman–Crippen LogP) is 4.28. The first-order valence-electron chi connectivity index (χ1n) is 7.91. The molecular weight excluding hydrogens is 400 g/mol. The molecule has 0 aliphatic carbocycles. The van der Waals surface area contributed by atoms with Gasteiger partial charge in [-0.05, 0) is 48.7 Å². The minimum absolute atomic E-state index is 0.225. The predicted molar refractivity (Wildman–Crippen MR) is 110 cm³/mol. The highest BCUT2D eigenvalue weighted by atomic mass is 32.2. The van der Waals surface area contributed by atoms with E-state index in [9.17, 15) is 8.42 Å². The van der Waals surface area contributed by atoms with Gasteiger partial charge in [-0.15, -0.1) is 11.3 Å². The molecule has 27 heavy (non-hydrogen) atoms. The van der Waals surface area contributed by atoms with Crippen LogP contribution in [0, 0.1) is 0 Å². The fourth-order valence-corrected chi connectivity index (χ4v) is 5.28. The molecule has 9 heteroatoms. The van der Waals surface area contributed by atoms with E-state index >= 15 is 0 Å². The number of nitrogens with one attached hydrogen (secondary N) is 1. The molecule has 6 nitrogen and oxygen atoms in total. The van der Waals surface area contributed by atoms with Crippen molar-refractivity contribution >= 4 is 49.7 Å². The van der Waals surface area contributed by atoms with Crippen LogP contribution in [0.25, 0.3) is 21.5 Å². The van der Waals surface area contributed by atoms with Crippen LogP contribution in [-0.4, -0.2) is 29.6 Å². The zero-order valence-corrected chi connectivity index (χ0v) is 16.6. The summed E-state index contributed by atoms with van der Waals surface area (Å²) in [6, 6.07) is 14.1. The lowest BCUT2D eigenvalue weighted by atomic mass is 10.2. The van der Waals surface area contributed by atoms with E-state index in [-0.39, 0.29) is 4.21 Å². The second kappa shape index (κ2) is 7.26. The largest absolute Gasteiger partial charge is 0.278 e. The van der Waals surface area contributed by atoms with Crippen LogP contribution in [0.3, 0.4) is 0 Å². The molecular formula is C18H14N4O2S3. The molecule has 0 saturated heterocycles. The van der Waals surface area contributed by atoms with Crippen molar-refractivity contribution in [3.8, 4) is 10.6 Å². The maximum atomic E-state index is 12.9. The lowest BCUT2D eigenvalue weighted by Gasteiger charge is -2.09. The molecule has 0 spiro atoms. The number of anilines is 1. The van der Waals surface area contributed by atoms with Gasteiger partial charge < -0.3 is 0 Å². The Balaban J connectivity index is 1.67. The van der Waals surface area contributed by atoms with Crippen molar-refractivity contribution in [2.75, 3.05) is 11.0 Å². The Bertz CT molecular complexity index is 1220. The van der Waals surface area contributed by atoms with Gasteiger partial charge in [0, 0.05) is 17.8 Å². The van der Waals surface area contributed by atoms with Crippen LogP contribution in [0.1, 0.15) is 0 Å². The van der Waals surface area contributed by atoms with Gasteiger partial charge in [-0.3, -0.25) is 9.71 Å². The summed E-state index contributed by atoms with van der Waals surface area (Å²) in [5.74, 6) is 0. The van der Waals surface area contributed by atoms with E-state index in [0.29, 0.717) is 16.5 Å². The highest BCUT2D eigenvalue weighted by molar-refractivity contribution is 7.98. The average Bonchev–Trinajstić information content (AvgIpc) is 3.19. The van der Waals surface area contributed by atoms with E-state index in [4.69, 9.17) is 0 Å². The highest BCUT2D eigenvalue weighted by Crippen LogP contribution is 2.32. The Morgan fingerprint density at radius 2 is 1.89 bits per heavy atom. The molecule has 0 radical (unpaired) electrons. The van der Waals surface area contributed by atoms with Gasteiger partial charge in [-0.2, -0.15) is 0 Å². The SMILES string of the molecule is CSc1nccc(-c2ccc(S(=O)(=O)Nc3cccc4ncccc34)s2)n1. The normalized spacial score (nSPS) is 11.6. The third-order valence-electron chi connectivity index (χ3n) is 3.80. The number of thiophene rings is 1. The van der Waals surface area contributed by atoms with E-state index in [2.05, 4.69) is 19.7 Å². The minimum Gasteiger partial charge on any atom is -0.278 e. The van der Waals surface area contributed by atoms with Crippen molar-refractivity contribution in [3.63, 3.8) is 0 Å². The molecule has 0 amide bonds. The molecule has 3 heterocycles. The Hall–Kier alpha value is -2.49. The number of hydrogen-bond acceptors (Lipinski definition) is 7. The third-order valence-corrected chi connectivity index (χ3v) is 7.33. The summed E-state index contributed by atoms with van der Waals surface area (Å²) in [7, 11) is -3.72. The van der Waals surface area contributed by atoms with Gasteiger partial charge in [0.25, 0.3) is 10.0 Å². The fraction of sp³-hybridized carbons (Fsp3) is 0.0556. The van der Waals surface area contributed by atoms with Crippen molar-refractivity contribution in [3.05, 3.63) is 60.9 Å². The fourth-order valence-electron chi connectivity index (χ4n) is 2.57. The summed E-state index contributed by atoms with van der Waals surface area (Å²) < 4.78 is 28.6. The number of benzene rings is 1. The van der Waals surface area contributed by atoms with Crippen LogP contribution in [0.5, 0.6) is 0 Å². The molecule has 1 N–H and O–H groups in total. The summed E-state index contributed by atoms with van der Waals surface area (Å²) in [6.07, 6.45) is 5.24. The summed E-state index contributed by atoms with van der Waals surface area (Å²) in [6.45, 7) is 0. The van der Waals surface area contributed by atoms with Crippen molar-refractivity contribution in [2.45, 2.75) is 9.37 Å². The van der Waals surface area contributed by atoms with Crippen molar-refractivity contribution < 1.29 is 8.42 Å². The lowest BCUT2D eigenvalue weighted by molar-refractivity contribution is 0.603. The number of rotatable bonds is 5. The van der Waals surface area contributed by atoms with Crippen LogP contribution >= 0.6 is 23.1 Å². The van der Waals surface area contributed by atoms with Crippen LogP contribution in [0.4, 0.5) is 5.69 Å². The van der Waals surface area contributed by atoms with Gasteiger partial charge in [-0.1, -0.05) is 17.8 Å². The molecule has 0 fully saturated rings. The molecule has 0 bridgehead atoms. The average molecular weight is 415 g/mol. The van der Waals surface area contributed by atoms with Crippen LogP contribution < -0.4 is 4.72 Å². The molecule has 0 atom stereocenters. The van der Waals surface area contributed by atoms with E-state index < -0.39 is 10.0 Å². The van der Waals surface area contributed by atoms with Gasteiger partial charge >= 0.3 is 0 Å². The number of thioether (sulfide) groups is 1. The van der Waals surface area contributed by atoms with Crippen LogP contribution in [-0.2, 0) is 10.0 Å². The van der Waals surface area contributed by atoms with Gasteiger partial charge in [0.2, 0.25) is 0 Å². The quantitative estimate of drug-likeness (QED) is 0.388. The van der Waals surface area contributed by atoms with Crippen LogP contribution in [0.15, 0.2) is 70.3 Å². The molecule has 0 aliphatic rings. The van der Waals surface area contributed by atoms with E-state index in [1.165, 1.54) is 23.1 Å². The number of fused-ring (bicyclic) bond motifs is 1. The number of nitrogens with zero attached hydrogens (tertiary/aromatic N) is 3. The van der Waals surface area contributed by atoms with Crippen molar-refractivity contribution in [1.29, 1.82) is 0 Å². The van der Waals surface area contributed by atoms with Gasteiger partial charge in [0.15, 0.2) is 5.16 Å².